The summed E-state index contributed by atoms with van der Waals surface area (Å²) in [5.74, 6) is -0.914. The molecule has 0 aromatic carbocycles. The maximum absolute atomic E-state index is 12.8. The quantitative estimate of drug-likeness (QED) is 0.0264. The maximum Gasteiger partial charge on any atom is 0.306 e. The van der Waals surface area contributed by atoms with Gasteiger partial charge in [0.1, 0.15) is 13.2 Å². The van der Waals surface area contributed by atoms with Crippen LogP contribution in [-0.2, 0) is 28.6 Å². The van der Waals surface area contributed by atoms with E-state index in [4.69, 9.17) is 14.2 Å². The van der Waals surface area contributed by atoms with Gasteiger partial charge in [0, 0.05) is 19.3 Å². The Morgan fingerprint density at radius 3 is 1.05 bits per heavy atom. The lowest BCUT2D eigenvalue weighted by Crippen LogP contribution is -2.30. The van der Waals surface area contributed by atoms with Gasteiger partial charge in [-0.05, 0) is 96.3 Å². The van der Waals surface area contributed by atoms with E-state index in [1.807, 2.05) is 0 Å². The number of unbranched alkanes of at least 4 members (excludes halogenated alkanes) is 25. The van der Waals surface area contributed by atoms with E-state index in [1.165, 1.54) is 109 Å². The highest BCUT2D eigenvalue weighted by Crippen LogP contribution is 2.13. The predicted octanol–water partition coefficient (Wildman–Crippen LogP) is 15.9. The molecule has 58 heavy (non-hydrogen) atoms. The lowest BCUT2D eigenvalue weighted by molar-refractivity contribution is -0.167. The van der Waals surface area contributed by atoms with Gasteiger partial charge in [-0.3, -0.25) is 14.4 Å². The van der Waals surface area contributed by atoms with Gasteiger partial charge in [-0.25, -0.2) is 0 Å². The lowest BCUT2D eigenvalue weighted by Gasteiger charge is -2.18. The minimum absolute atomic E-state index is 0.0851. The zero-order valence-electron chi connectivity index (χ0n) is 38.3. The van der Waals surface area contributed by atoms with Crippen molar-refractivity contribution in [2.45, 2.75) is 252 Å². The molecule has 0 aliphatic carbocycles. The van der Waals surface area contributed by atoms with Crippen LogP contribution in [0.25, 0.3) is 0 Å². The number of carbonyl (C=O) groups is 3. The molecule has 1 atom stereocenters. The zero-order valence-corrected chi connectivity index (χ0v) is 38.3. The molecule has 0 heterocycles. The van der Waals surface area contributed by atoms with Crippen molar-refractivity contribution in [2.75, 3.05) is 13.2 Å². The average Bonchev–Trinajstić information content (AvgIpc) is 3.22. The van der Waals surface area contributed by atoms with Gasteiger partial charge in [0.25, 0.3) is 0 Å². The number of ether oxygens (including phenoxy) is 3. The minimum atomic E-state index is -0.784. The van der Waals surface area contributed by atoms with Crippen molar-refractivity contribution in [3.05, 3.63) is 48.6 Å². The van der Waals surface area contributed by atoms with Crippen LogP contribution in [0, 0.1) is 0 Å². The third kappa shape index (κ3) is 44.5. The topological polar surface area (TPSA) is 78.9 Å². The second kappa shape index (κ2) is 47.1. The summed E-state index contributed by atoms with van der Waals surface area (Å²) in [6.45, 7) is 6.54. The summed E-state index contributed by atoms with van der Waals surface area (Å²) in [5, 5.41) is 0. The van der Waals surface area contributed by atoms with Crippen LogP contribution in [0.15, 0.2) is 48.6 Å². The highest BCUT2D eigenvalue weighted by molar-refractivity contribution is 5.71. The molecule has 0 aromatic heterocycles. The number of allylic oxidation sites excluding steroid dienone is 8. The molecule has 336 valence electrons. The number of carbonyl (C=O) groups excluding carboxylic acids is 3. The molecular formula is C52H92O6. The first kappa shape index (κ1) is 55.4. The molecule has 0 unspecified atom stereocenters. The highest BCUT2D eigenvalue weighted by atomic mass is 16.6. The fourth-order valence-corrected chi connectivity index (χ4v) is 6.74. The first-order chi connectivity index (χ1) is 28.5. The Labute approximate surface area is 358 Å². The summed E-state index contributed by atoms with van der Waals surface area (Å²) in [6.07, 6.45) is 55.1. The average molecular weight is 813 g/mol. The van der Waals surface area contributed by atoms with E-state index in [9.17, 15) is 14.4 Å². The SMILES string of the molecule is CCCC/C=C\CCCCCCCC(=O)OC[C@H](COC(=O)CCCCCCC/C=C\C/C=C\CCCCC)OC(=O)CCCCCCC/C=C\CCCCCCC. The summed E-state index contributed by atoms with van der Waals surface area (Å²) in [5.41, 5.74) is 0. The van der Waals surface area contributed by atoms with E-state index in [1.54, 1.807) is 0 Å². The van der Waals surface area contributed by atoms with E-state index in [2.05, 4.69) is 69.4 Å². The fraction of sp³-hybridized carbons (Fsp3) is 0.788. The van der Waals surface area contributed by atoms with Crippen LogP contribution in [0.2, 0.25) is 0 Å². The molecule has 0 radical (unpaired) electrons. The van der Waals surface area contributed by atoms with Crippen molar-refractivity contribution in [2.24, 2.45) is 0 Å². The normalized spacial score (nSPS) is 12.4. The Morgan fingerprint density at radius 1 is 0.345 bits per heavy atom. The number of rotatable bonds is 44. The summed E-state index contributed by atoms with van der Waals surface area (Å²) in [4.78, 5) is 37.8. The van der Waals surface area contributed by atoms with Crippen LogP contribution in [0.3, 0.4) is 0 Å². The van der Waals surface area contributed by atoms with Gasteiger partial charge < -0.3 is 14.2 Å². The maximum atomic E-state index is 12.8. The Kier molecular flexibility index (Phi) is 44.9. The van der Waals surface area contributed by atoms with Gasteiger partial charge in [0.2, 0.25) is 0 Å². The standard InChI is InChI=1S/C52H92O6/c1-4-7-10-13-16-19-22-24-26-28-30-33-36-39-42-45-51(54)57-48-49(47-56-50(53)44-41-38-35-32-29-21-18-15-12-9-6-3)58-52(55)46-43-40-37-34-31-27-25-23-20-17-14-11-8-5-2/h15-16,18-19,23-26,49H,4-14,17,20-22,27-48H2,1-3H3/b18-15-,19-16-,25-23-,26-24-/t49-/m1/s1. The van der Waals surface area contributed by atoms with Crippen molar-refractivity contribution in [1.29, 1.82) is 0 Å². The van der Waals surface area contributed by atoms with Crippen LogP contribution in [0.5, 0.6) is 0 Å². The molecule has 0 bridgehead atoms. The lowest BCUT2D eigenvalue weighted by atomic mass is 10.1. The van der Waals surface area contributed by atoms with Gasteiger partial charge in [-0.15, -0.1) is 0 Å². The predicted molar refractivity (Wildman–Crippen MR) is 247 cm³/mol. The van der Waals surface area contributed by atoms with Crippen LogP contribution >= 0.6 is 0 Å². The van der Waals surface area contributed by atoms with Gasteiger partial charge in [-0.2, -0.15) is 0 Å². The van der Waals surface area contributed by atoms with Crippen LogP contribution in [0.4, 0.5) is 0 Å². The van der Waals surface area contributed by atoms with Gasteiger partial charge in [0.15, 0.2) is 6.10 Å². The minimum Gasteiger partial charge on any atom is -0.462 e. The molecule has 0 N–H and O–H groups in total. The molecule has 0 aromatic rings. The Hall–Kier alpha value is -2.63. The van der Waals surface area contributed by atoms with Crippen molar-refractivity contribution >= 4 is 17.9 Å². The Morgan fingerprint density at radius 2 is 0.638 bits per heavy atom. The van der Waals surface area contributed by atoms with Gasteiger partial charge in [-0.1, -0.05) is 179 Å². The fourth-order valence-electron chi connectivity index (χ4n) is 6.74. The van der Waals surface area contributed by atoms with Gasteiger partial charge >= 0.3 is 17.9 Å². The monoisotopic (exact) mass is 813 g/mol. The molecule has 0 aliphatic rings. The summed E-state index contributed by atoms with van der Waals surface area (Å²) in [6, 6.07) is 0. The Balaban J connectivity index is 4.41. The summed E-state index contributed by atoms with van der Waals surface area (Å²) in [7, 11) is 0. The highest BCUT2D eigenvalue weighted by Gasteiger charge is 2.19. The molecule has 0 saturated carbocycles. The van der Waals surface area contributed by atoms with Crippen molar-refractivity contribution < 1.29 is 28.6 Å². The van der Waals surface area contributed by atoms with Crippen molar-refractivity contribution in [1.82, 2.24) is 0 Å². The third-order valence-corrected chi connectivity index (χ3v) is 10.5. The molecule has 6 heteroatoms. The molecule has 0 aliphatic heterocycles. The molecular weight excluding hydrogens is 721 g/mol. The summed E-state index contributed by atoms with van der Waals surface area (Å²) < 4.78 is 16.7. The van der Waals surface area contributed by atoms with E-state index >= 15 is 0 Å². The number of hydrogen-bond acceptors (Lipinski definition) is 6. The molecule has 0 spiro atoms. The number of hydrogen-bond donors (Lipinski definition) is 0. The van der Waals surface area contributed by atoms with Crippen LogP contribution in [-0.4, -0.2) is 37.2 Å². The number of esters is 3. The second-order valence-corrected chi connectivity index (χ2v) is 16.4. The van der Waals surface area contributed by atoms with E-state index < -0.39 is 6.10 Å². The second-order valence-electron chi connectivity index (χ2n) is 16.4. The molecule has 0 rings (SSSR count). The van der Waals surface area contributed by atoms with Crippen LogP contribution < -0.4 is 0 Å². The molecule has 0 amide bonds. The van der Waals surface area contributed by atoms with E-state index in [0.717, 1.165) is 96.3 Å². The smallest absolute Gasteiger partial charge is 0.306 e. The molecule has 0 fully saturated rings. The van der Waals surface area contributed by atoms with Crippen molar-refractivity contribution in [3.63, 3.8) is 0 Å². The first-order valence-corrected chi connectivity index (χ1v) is 24.6. The summed E-state index contributed by atoms with van der Waals surface area (Å²) >= 11 is 0. The van der Waals surface area contributed by atoms with E-state index in [-0.39, 0.29) is 31.1 Å². The zero-order chi connectivity index (χ0) is 42.3. The molecule has 0 saturated heterocycles. The van der Waals surface area contributed by atoms with Gasteiger partial charge in [0.05, 0.1) is 0 Å². The molecule has 6 nitrogen and oxygen atoms in total. The van der Waals surface area contributed by atoms with E-state index in [0.29, 0.717) is 19.3 Å². The first-order valence-electron chi connectivity index (χ1n) is 24.6. The van der Waals surface area contributed by atoms with Crippen molar-refractivity contribution in [3.8, 4) is 0 Å². The third-order valence-electron chi connectivity index (χ3n) is 10.5. The van der Waals surface area contributed by atoms with Crippen LogP contribution in [0.1, 0.15) is 245 Å². The largest absolute Gasteiger partial charge is 0.462 e. The Bertz CT molecular complexity index is 1030.